The van der Waals surface area contributed by atoms with E-state index in [2.05, 4.69) is 82.1 Å². The molecule has 0 heterocycles. The molecule has 384 valence electrons. The lowest BCUT2D eigenvalue weighted by Gasteiger charge is -2.35. The van der Waals surface area contributed by atoms with Gasteiger partial charge in [-0.3, -0.25) is 28.8 Å². The van der Waals surface area contributed by atoms with E-state index < -0.39 is 49.2 Å². The third kappa shape index (κ3) is 13.3. The van der Waals surface area contributed by atoms with E-state index in [1.807, 2.05) is 60.5 Å². The number of hydrogen-bond donors (Lipinski definition) is 6. The quantitative estimate of drug-likeness (QED) is 0.0370. The summed E-state index contributed by atoms with van der Waals surface area (Å²) in [6, 6.07) is 5.82. The molecule has 0 aromatic heterocycles. The Morgan fingerprint density at radius 2 is 0.611 bits per heavy atom. The standard InChI is InChI=1S/C57H75N9O6/c1-64(2)34-16-31-58-43-46(52(70)49(43)67)61-55(22-10-7-11-23-55)28-19-40-37-41(20-29-56(24-12-8-13-25-56)62-47-44(50(68)53(47)71)59-32-17-35-65(3)4)39-42(38-40)21-30-57(26-14-9-15-27-57)63-48-45(51(69)54(48)72)60-33-18-36-66(5)6/h37-39,58-63H,7-18,22-27,31-36H2,1-6H3. The number of benzene rings is 1. The predicted octanol–water partition coefficient (Wildman–Crippen LogP) is 5.06. The highest BCUT2D eigenvalue weighted by Crippen LogP contribution is 2.36. The van der Waals surface area contributed by atoms with Crippen molar-refractivity contribution in [3.63, 3.8) is 0 Å². The largest absolute Gasteiger partial charge is 0.380 e. The topological polar surface area (TPSA) is 184 Å². The maximum absolute atomic E-state index is 13.1. The molecule has 3 aliphatic carbocycles. The second kappa shape index (κ2) is 24.0. The normalized spacial score (nSPS) is 17.1. The minimum atomic E-state index is -0.752. The first-order valence-corrected chi connectivity index (χ1v) is 26.3. The second-order valence-corrected chi connectivity index (χ2v) is 21.3. The van der Waals surface area contributed by atoms with Crippen LogP contribution in [0.5, 0.6) is 0 Å². The lowest BCUT2D eigenvalue weighted by atomic mass is 9.81. The molecule has 0 atom stereocenters. The van der Waals surface area contributed by atoms with Gasteiger partial charge in [0.15, 0.2) is 0 Å². The van der Waals surface area contributed by atoms with Crippen LogP contribution in [-0.2, 0) is 0 Å². The van der Waals surface area contributed by atoms with Crippen LogP contribution in [0.4, 0.5) is 34.1 Å². The van der Waals surface area contributed by atoms with E-state index in [4.69, 9.17) is 0 Å². The summed E-state index contributed by atoms with van der Waals surface area (Å²) in [5.74, 6) is 21.0. The minimum Gasteiger partial charge on any atom is -0.380 e. The summed E-state index contributed by atoms with van der Waals surface area (Å²) in [6.45, 7) is 4.20. The summed E-state index contributed by atoms with van der Waals surface area (Å²) in [5, 5.41) is 20.1. The van der Waals surface area contributed by atoms with Gasteiger partial charge < -0.3 is 46.6 Å². The molecule has 0 saturated heterocycles. The van der Waals surface area contributed by atoms with Gasteiger partial charge in [0.05, 0.1) is 16.6 Å². The SMILES string of the molecule is CN(C)CCCNc1c(NC2(C#Cc3cc(C#CC4(Nc5c(NCCCN(C)C)c(=O)c5=O)CCCCC4)cc(C#CC4(Nc5c(NCCCN(C)C)c(=O)c5=O)CCCCC4)c3)CCCCC2)c(=O)c1=O. The van der Waals surface area contributed by atoms with Crippen molar-refractivity contribution >= 4 is 34.1 Å². The average Bonchev–Trinajstić information content (AvgIpc) is 3.38. The Hall–Kier alpha value is -6.18. The zero-order valence-electron chi connectivity index (χ0n) is 43.5. The molecule has 0 radical (unpaired) electrons. The van der Waals surface area contributed by atoms with Crippen molar-refractivity contribution in [3.05, 3.63) is 96.2 Å². The Bertz CT molecular complexity index is 2620. The Balaban J connectivity index is 1.25. The van der Waals surface area contributed by atoms with Gasteiger partial charge in [0, 0.05) is 36.3 Å². The zero-order valence-corrected chi connectivity index (χ0v) is 43.5. The van der Waals surface area contributed by atoms with E-state index in [1.54, 1.807) is 0 Å². The van der Waals surface area contributed by atoms with Crippen LogP contribution in [0.2, 0.25) is 0 Å². The fourth-order valence-electron chi connectivity index (χ4n) is 10.3. The van der Waals surface area contributed by atoms with Gasteiger partial charge >= 0.3 is 0 Å². The maximum Gasteiger partial charge on any atom is 0.253 e. The van der Waals surface area contributed by atoms with Crippen LogP contribution in [0.3, 0.4) is 0 Å². The fraction of sp³-hybridized carbons (Fsp3) is 0.579. The van der Waals surface area contributed by atoms with Gasteiger partial charge in [0.25, 0.3) is 32.6 Å². The number of hydrogen-bond acceptors (Lipinski definition) is 15. The molecule has 0 amide bonds. The molecule has 4 aromatic carbocycles. The first kappa shape index (κ1) is 53.6. The van der Waals surface area contributed by atoms with Gasteiger partial charge in [-0.1, -0.05) is 93.3 Å². The number of anilines is 6. The fourth-order valence-corrected chi connectivity index (χ4v) is 10.3. The van der Waals surface area contributed by atoms with Gasteiger partial charge in [-0.2, -0.15) is 0 Å². The molecule has 0 unspecified atom stereocenters. The summed E-state index contributed by atoms with van der Waals surface area (Å²) in [7, 11) is 12.0. The lowest BCUT2D eigenvalue weighted by Crippen LogP contribution is -2.46. The number of rotatable bonds is 21. The number of nitrogens with one attached hydrogen (secondary N) is 6. The van der Waals surface area contributed by atoms with E-state index in [0.717, 1.165) is 96.7 Å². The molecule has 0 bridgehead atoms. The van der Waals surface area contributed by atoms with E-state index in [9.17, 15) is 28.8 Å². The molecule has 15 heteroatoms. The van der Waals surface area contributed by atoms with Crippen molar-refractivity contribution in [2.45, 2.75) is 132 Å². The van der Waals surface area contributed by atoms with Gasteiger partial charge in [-0.25, -0.2) is 0 Å². The molecule has 0 spiro atoms. The van der Waals surface area contributed by atoms with Gasteiger partial charge in [-0.05, 0) is 138 Å². The maximum atomic E-state index is 13.1. The highest BCUT2D eigenvalue weighted by atomic mass is 16.2. The molecule has 72 heavy (non-hydrogen) atoms. The van der Waals surface area contributed by atoms with Crippen LogP contribution in [-0.4, -0.2) is 113 Å². The molecule has 3 aliphatic rings. The summed E-state index contributed by atoms with van der Waals surface area (Å²) in [6.07, 6.45) is 15.2. The van der Waals surface area contributed by atoms with Crippen molar-refractivity contribution < 1.29 is 0 Å². The van der Waals surface area contributed by atoms with Gasteiger partial charge in [0.2, 0.25) is 0 Å². The first-order valence-electron chi connectivity index (χ1n) is 26.3. The highest BCUT2D eigenvalue weighted by Gasteiger charge is 2.37. The average molecular weight is 982 g/mol. The van der Waals surface area contributed by atoms with E-state index in [1.165, 1.54) is 0 Å². The van der Waals surface area contributed by atoms with Crippen LogP contribution in [0, 0.1) is 35.5 Å². The molecular weight excluding hydrogens is 907 g/mol. The van der Waals surface area contributed by atoms with E-state index in [0.29, 0.717) is 109 Å². The Morgan fingerprint density at radius 1 is 0.375 bits per heavy atom. The summed E-state index contributed by atoms with van der Waals surface area (Å²) in [5.41, 5.74) is -1.54. The van der Waals surface area contributed by atoms with Crippen molar-refractivity contribution in [1.29, 1.82) is 0 Å². The third-order valence-corrected chi connectivity index (χ3v) is 14.5. The highest BCUT2D eigenvalue weighted by molar-refractivity contribution is 5.77. The number of nitrogens with zero attached hydrogens (tertiary/aromatic N) is 3. The summed E-state index contributed by atoms with van der Waals surface area (Å²) in [4.78, 5) is 84.0. The summed E-state index contributed by atoms with van der Waals surface area (Å²) >= 11 is 0. The first-order chi connectivity index (χ1) is 34.5. The monoisotopic (exact) mass is 982 g/mol. The smallest absolute Gasteiger partial charge is 0.253 e. The Labute approximate surface area is 424 Å². The van der Waals surface area contributed by atoms with Gasteiger partial charge in [0.1, 0.15) is 34.1 Å². The Kier molecular flexibility index (Phi) is 17.9. The van der Waals surface area contributed by atoms with Gasteiger partial charge in [-0.15, -0.1) is 0 Å². The summed E-state index contributed by atoms with van der Waals surface area (Å²) < 4.78 is 0. The van der Waals surface area contributed by atoms with Crippen LogP contribution in [0.1, 0.15) is 132 Å². The van der Waals surface area contributed by atoms with E-state index in [-0.39, 0.29) is 0 Å². The molecule has 3 saturated carbocycles. The predicted molar refractivity (Wildman–Crippen MR) is 294 cm³/mol. The van der Waals surface area contributed by atoms with Crippen LogP contribution in [0.15, 0.2) is 47.0 Å². The van der Waals surface area contributed by atoms with Crippen molar-refractivity contribution in [2.24, 2.45) is 0 Å². The molecule has 0 aliphatic heterocycles. The van der Waals surface area contributed by atoms with Crippen molar-refractivity contribution in [2.75, 3.05) is 113 Å². The van der Waals surface area contributed by atoms with E-state index >= 15 is 0 Å². The molecule has 6 N–H and O–H groups in total. The molecule has 4 aromatic rings. The zero-order chi connectivity index (χ0) is 51.5. The van der Waals surface area contributed by atoms with Crippen LogP contribution in [0.25, 0.3) is 0 Å². The minimum absolute atomic E-state index is 0.296. The van der Waals surface area contributed by atoms with Crippen molar-refractivity contribution in [3.8, 4) is 35.5 Å². The molecule has 15 nitrogen and oxygen atoms in total. The van der Waals surface area contributed by atoms with Crippen LogP contribution < -0.4 is 64.5 Å². The second-order valence-electron chi connectivity index (χ2n) is 21.3. The molecule has 3 fully saturated rings. The Morgan fingerprint density at radius 3 is 0.847 bits per heavy atom. The van der Waals surface area contributed by atoms with Crippen LogP contribution >= 0.6 is 0 Å². The third-order valence-electron chi connectivity index (χ3n) is 14.5. The molecular formula is C57H75N9O6. The van der Waals surface area contributed by atoms with Crippen molar-refractivity contribution in [1.82, 2.24) is 14.7 Å². The lowest BCUT2D eigenvalue weighted by molar-refractivity contribution is 0.395. The molecule has 7 rings (SSSR count).